The molecule has 6 aromatic carbocycles. The average Bonchev–Trinajstić information content (AvgIpc) is 3.77. The molecule has 2 aromatic heterocycles. The molecule has 11 heteroatoms. The zero-order valence-electron chi connectivity index (χ0n) is 36.1. The summed E-state index contributed by atoms with van der Waals surface area (Å²) in [5, 5.41) is 4.98. The molecule has 0 unspecified atom stereocenters. The fourth-order valence-corrected chi connectivity index (χ4v) is 13.1. The second kappa shape index (κ2) is 18.6. The van der Waals surface area contributed by atoms with Gasteiger partial charge in [-0.15, -0.1) is 0 Å². The van der Waals surface area contributed by atoms with Crippen LogP contribution in [0.5, 0.6) is 11.5 Å². The van der Waals surface area contributed by atoms with Crippen molar-refractivity contribution in [2.75, 3.05) is 32.8 Å². The number of hydrogen-bond donors (Lipinski definition) is 1. The summed E-state index contributed by atoms with van der Waals surface area (Å²) in [5.41, 5.74) is 3.07. The van der Waals surface area contributed by atoms with Gasteiger partial charge in [-0.1, -0.05) is 154 Å². The number of carbonyl (C=O) groups is 1. The second-order valence-electron chi connectivity index (χ2n) is 16.3. The van der Waals surface area contributed by atoms with E-state index in [0.29, 0.717) is 22.5 Å². The van der Waals surface area contributed by atoms with E-state index < -0.39 is 20.0 Å². The normalized spacial score (nSPS) is 12.5. The van der Waals surface area contributed by atoms with E-state index in [2.05, 4.69) is 91.7 Å². The van der Waals surface area contributed by atoms with E-state index in [1.807, 2.05) is 102 Å². The van der Waals surface area contributed by atoms with Crippen LogP contribution in [0.2, 0.25) is 5.04 Å². The SMILES string of the molecule is COc1ccc(C(OC[C@H](CO[Si](c2ccccc2)(c2ccccc2)C(C)(C)C)n2cnc3c(NC(=O)c4ccccc4)ncnc32)(c2ccccc2)c2ccc(OC)cc2)cc1. The van der Waals surface area contributed by atoms with Crippen LogP contribution in [0.25, 0.3) is 11.2 Å². The Hall–Kier alpha value is -6.92. The Labute approximate surface area is 369 Å². The van der Waals surface area contributed by atoms with Gasteiger partial charge in [-0.3, -0.25) is 4.79 Å². The fraction of sp³-hybridized carbons (Fsp3) is 0.192. The third-order valence-electron chi connectivity index (χ3n) is 11.6. The molecule has 0 saturated carbocycles. The monoisotopic (exact) mass is 853 g/mol. The highest BCUT2D eigenvalue weighted by Crippen LogP contribution is 2.43. The Balaban J connectivity index is 1.29. The summed E-state index contributed by atoms with van der Waals surface area (Å²) in [6, 6.07) is 55.9. The maximum atomic E-state index is 13.4. The van der Waals surface area contributed by atoms with Gasteiger partial charge >= 0.3 is 0 Å². The Morgan fingerprint density at radius 1 is 0.619 bits per heavy atom. The minimum atomic E-state index is -3.06. The van der Waals surface area contributed by atoms with Gasteiger partial charge in [0.2, 0.25) is 0 Å². The number of rotatable bonds is 16. The third-order valence-corrected chi connectivity index (χ3v) is 16.6. The van der Waals surface area contributed by atoms with Gasteiger partial charge in [-0.25, -0.2) is 15.0 Å². The van der Waals surface area contributed by atoms with E-state index in [-0.39, 0.29) is 24.2 Å². The number of carbonyl (C=O) groups excluding carboxylic acids is 1. The van der Waals surface area contributed by atoms with E-state index in [1.54, 1.807) is 32.7 Å². The van der Waals surface area contributed by atoms with Crippen molar-refractivity contribution in [3.05, 3.63) is 205 Å². The zero-order valence-corrected chi connectivity index (χ0v) is 37.1. The molecule has 0 saturated heterocycles. The van der Waals surface area contributed by atoms with Crippen LogP contribution >= 0.6 is 0 Å². The summed E-state index contributed by atoms with van der Waals surface area (Å²) >= 11 is 0. The number of aromatic nitrogens is 4. The van der Waals surface area contributed by atoms with Crippen molar-refractivity contribution in [1.29, 1.82) is 0 Å². The first-order valence-electron chi connectivity index (χ1n) is 21.0. The number of amides is 1. The summed E-state index contributed by atoms with van der Waals surface area (Å²) in [6.07, 6.45) is 3.19. The molecule has 2 heterocycles. The minimum absolute atomic E-state index is 0.145. The zero-order chi connectivity index (χ0) is 43.9. The average molecular weight is 854 g/mol. The van der Waals surface area contributed by atoms with Crippen molar-refractivity contribution in [3.63, 3.8) is 0 Å². The molecule has 1 atom stereocenters. The van der Waals surface area contributed by atoms with E-state index in [1.165, 1.54) is 6.33 Å². The van der Waals surface area contributed by atoms with Crippen LogP contribution in [-0.2, 0) is 14.8 Å². The summed E-state index contributed by atoms with van der Waals surface area (Å²) < 4.78 is 28.5. The molecule has 0 bridgehead atoms. The van der Waals surface area contributed by atoms with Gasteiger partial charge in [0.05, 0.1) is 39.8 Å². The first kappa shape index (κ1) is 42.8. The molecule has 0 fully saturated rings. The maximum Gasteiger partial charge on any atom is 0.261 e. The lowest BCUT2D eigenvalue weighted by Crippen LogP contribution is -2.67. The predicted molar refractivity (Wildman–Crippen MR) is 251 cm³/mol. The predicted octanol–water partition coefficient (Wildman–Crippen LogP) is 9.22. The second-order valence-corrected chi connectivity index (χ2v) is 20.6. The number of methoxy groups -OCH3 is 2. The van der Waals surface area contributed by atoms with Crippen molar-refractivity contribution in [2.45, 2.75) is 37.5 Å². The van der Waals surface area contributed by atoms with Gasteiger partial charge < -0.3 is 28.5 Å². The molecule has 1 N–H and O–H groups in total. The topological polar surface area (TPSA) is 110 Å². The molecule has 8 aromatic rings. The molecule has 0 aliphatic carbocycles. The highest BCUT2D eigenvalue weighted by Gasteiger charge is 2.51. The van der Waals surface area contributed by atoms with Crippen molar-refractivity contribution >= 4 is 41.6 Å². The van der Waals surface area contributed by atoms with Crippen LogP contribution in [0.3, 0.4) is 0 Å². The van der Waals surface area contributed by atoms with Gasteiger partial charge in [0.1, 0.15) is 23.4 Å². The van der Waals surface area contributed by atoms with Crippen molar-refractivity contribution < 1.29 is 23.4 Å². The summed E-state index contributed by atoms with van der Waals surface area (Å²) in [6.45, 7) is 7.16. The van der Waals surface area contributed by atoms with Crippen LogP contribution in [0.1, 0.15) is 53.9 Å². The molecule has 1 amide bonds. The van der Waals surface area contributed by atoms with Gasteiger partial charge in [0.15, 0.2) is 17.0 Å². The van der Waals surface area contributed by atoms with Crippen LogP contribution in [0, 0.1) is 0 Å². The smallest absolute Gasteiger partial charge is 0.261 e. The quantitative estimate of drug-likeness (QED) is 0.0758. The third kappa shape index (κ3) is 8.50. The Morgan fingerprint density at radius 2 is 1.11 bits per heavy atom. The van der Waals surface area contributed by atoms with Crippen molar-refractivity contribution in [2.24, 2.45) is 0 Å². The van der Waals surface area contributed by atoms with Crippen LogP contribution in [-0.4, -0.2) is 61.2 Å². The Kier molecular flexibility index (Phi) is 12.6. The number of hydrogen-bond acceptors (Lipinski definition) is 8. The molecular formula is C52H51N5O5Si. The Bertz CT molecular complexity index is 2640. The standard InChI is InChI=1S/C52H51N5O5Si/c1-51(2,3)63(45-22-14-8-15-23-45,46-24-16-9-17-25-46)62-35-42(57-37-55-47-48(53-36-54-49(47)57)56-50(58)38-18-10-6-11-19-38)34-61-52(39-20-12-7-13-21-39,40-26-30-43(59-4)31-27-40)41-28-32-44(60-5)33-29-41/h6-33,36-37,42H,34-35H2,1-5H3,(H,53,54,56,58)/t42-/m1/s1. The van der Waals surface area contributed by atoms with E-state index >= 15 is 0 Å². The van der Waals surface area contributed by atoms with E-state index in [9.17, 15) is 4.79 Å². The van der Waals surface area contributed by atoms with Crippen LogP contribution in [0.15, 0.2) is 183 Å². The number of nitrogens with zero attached hydrogens (tertiary/aromatic N) is 4. The minimum Gasteiger partial charge on any atom is -0.497 e. The molecule has 63 heavy (non-hydrogen) atoms. The van der Waals surface area contributed by atoms with Crippen LogP contribution in [0.4, 0.5) is 5.82 Å². The molecule has 318 valence electrons. The van der Waals surface area contributed by atoms with Crippen molar-refractivity contribution in [1.82, 2.24) is 19.5 Å². The first-order valence-corrected chi connectivity index (χ1v) is 22.9. The number of anilines is 1. The van der Waals surface area contributed by atoms with Crippen LogP contribution < -0.4 is 25.2 Å². The summed E-state index contributed by atoms with van der Waals surface area (Å²) in [5.74, 6) is 1.46. The van der Waals surface area contributed by atoms with Gasteiger partial charge in [-0.05, 0) is 68.5 Å². The molecule has 0 spiro atoms. The van der Waals surface area contributed by atoms with Gasteiger partial charge in [-0.2, -0.15) is 0 Å². The lowest BCUT2D eigenvalue weighted by molar-refractivity contribution is -0.0133. The molecular weight excluding hydrogens is 803 g/mol. The number of benzene rings is 6. The number of ether oxygens (including phenoxy) is 3. The molecule has 10 nitrogen and oxygen atoms in total. The molecule has 8 rings (SSSR count). The van der Waals surface area contributed by atoms with Gasteiger partial charge in [0, 0.05) is 5.56 Å². The summed E-state index contributed by atoms with van der Waals surface area (Å²) in [7, 11) is 0.263. The molecule has 0 radical (unpaired) electrons. The maximum absolute atomic E-state index is 13.4. The molecule has 0 aliphatic rings. The Morgan fingerprint density at radius 3 is 1.62 bits per heavy atom. The lowest BCUT2D eigenvalue weighted by Gasteiger charge is -2.44. The largest absolute Gasteiger partial charge is 0.497 e. The number of fused-ring (bicyclic) bond motifs is 1. The highest BCUT2D eigenvalue weighted by molar-refractivity contribution is 6.99. The first-order chi connectivity index (χ1) is 30.7. The highest BCUT2D eigenvalue weighted by atomic mass is 28.4. The summed E-state index contributed by atoms with van der Waals surface area (Å²) in [4.78, 5) is 27.5. The number of imidazole rings is 1. The van der Waals surface area contributed by atoms with E-state index in [4.69, 9.17) is 28.6 Å². The van der Waals surface area contributed by atoms with Crippen molar-refractivity contribution in [3.8, 4) is 11.5 Å². The number of nitrogens with one attached hydrogen (secondary N) is 1. The van der Waals surface area contributed by atoms with Gasteiger partial charge in [0.25, 0.3) is 14.2 Å². The molecule has 0 aliphatic heterocycles. The lowest BCUT2D eigenvalue weighted by atomic mass is 9.80. The van der Waals surface area contributed by atoms with E-state index in [0.717, 1.165) is 38.6 Å². The fourth-order valence-electron chi connectivity index (χ4n) is 8.47.